The summed E-state index contributed by atoms with van der Waals surface area (Å²) in [5, 5.41) is 3.61. The molecule has 0 spiro atoms. The Labute approximate surface area is 112 Å². The molecule has 0 saturated heterocycles. The summed E-state index contributed by atoms with van der Waals surface area (Å²) < 4.78 is 1.18. The van der Waals surface area contributed by atoms with Crippen molar-refractivity contribution in [1.29, 1.82) is 0 Å². The zero-order valence-electron chi connectivity index (χ0n) is 10.2. The minimum absolute atomic E-state index is 0.771. The molecule has 1 N–H and O–H groups in total. The van der Waals surface area contributed by atoms with Crippen LogP contribution in [-0.4, -0.2) is 19.1 Å². The standard InChI is InChI=1S/C14H19BrN2/c1-17(13-5-6-13)14-7-2-11(15)8-10(14)9-16-12-3-4-12/h2,7-8,12-13,16H,3-6,9H2,1H3. The highest BCUT2D eigenvalue weighted by molar-refractivity contribution is 9.10. The predicted octanol–water partition coefficient (Wildman–Crippen LogP) is 3.30. The maximum absolute atomic E-state index is 3.61. The van der Waals surface area contributed by atoms with E-state index in [0.717, 1.165) is 18.6 Å². The van der Waals surface area contributed by atoms with Crippen LogP contribution in [0, 0.1) is 0 Å². The smallest absolute Gasteiger partial charge is 0.0412 e. The second-order valence-electron chi connectivity index (χ2n) is 5.27. The van der Waals surface area contributed by atoms with Gasteiger partial charge in [-0.1, -0.05) is 15.9 Å². The van der Waals surface area contributed by atoms with Crippen molar-refractivity contribution in [2.45, 2.75) is 44.3 Å². The molecule has 3 heteroatoms. The van der Waals surface area contributed by atoms with Gasteiger partial charge in [0.2, 0.25) is 0 Å². The SMILES string of the molecule is CN(c1ccc(Br)cc1CNC1CC1)C1CC1. The summed E-state index contributed by atoms with van der Waals surface area (Å²) in [7, 11) is 2.22. The van der Waals surface area contributed by atoms with Crippen molar-refractivity contribution in [1.82, 2.24) is 5.32 Å². The minimum atomic E-state index is 0.771. The molecule has 0 amide bonds. The summed E-state index contributed by atoms with van der Waals surface area (Å²) in [6, 6.07) is 8.19. The van der Waals surface area contributed by atoms with E-state index in [9.17, 15) is 0 Å². The molecule has 92 valence electrons. The molecular weight excluding hydrogens is 276 g/mol. The summed E-state index contributed by atoms with van der Waals surface area (Å²) in [6.45, 7) is 0.997. The topological polar surface area (TPSA) is 15.3 Å². The summed E-state index contributed by atoms with van der Waals surface area (Å²) >= 11 is 3.57. The minimum Gasteiger partial charge on any atom is -0.371 e. The van der Waals surface area contributed by atoms with Crippen LogP contribution in [-0.2, 0) is 6.54 Å². The first-order valence-electron chi connectivity index (χ1n) is 6.48. The van der Waals surface area contributed by atoms with Crippen molar-refractivity contribution in [2.24, 2.45) is 0 Å². The lowest BCUT2D eigenvalue weighted by Crippen LogP contribution is -2.23. The number of rotatable bonds is 5. The van der Waals surface area contributed by atoms with Crippen molar-refractivity contribution in [3.63, 3.8) is 0 Å². The lowest BCUT2D eigenvalue weighted by molar-refractivity contribution is 0.685. The zero-order chi connectivity index (χ0) is 11.8. The van der Waals surface area contributed by atoms with Gasteiger partial charge in [0.15, 0.2) is 0 Å². The van der Waals surface area contributed by atoms with Crippen LogP contribution in [0.4, 0.5) is 5.69 Å². The van der Waals surface area contributed by atoms with E-state index < -0.39 is 0 Å². The molecule has 0 atom stereocenters. The molecular formula is C14H19BrN2. The number of benzene rings is 1. The average molecular weight is 295 g/mol. The maximum atomic E-state index is 3.61. The molecule has 1 aromatic rings. The third-order valence-corrected chi connectivity index (χ3v) is 4.17. The molecule has 0 unspecified atom stereocenters. The van der Waals surface area contributed by atoms with E-state index in [4.69, 9.17) is 0 Å². The van der Waals surface area contributed by atoms with Gasteiger partial charge in [0.05, 0.1) is 0 Å². The Kier molecular flexibility index (Phi) is 3.14. The van der Waals surface area contributed by atoms with E-state index in [0.29, 0.717) is 0 Å². The second kappa shape index (κ2) is 4.62. The van der Waals surface area contributed by atoms with Gasteiger partial charge < -0.3 is 10.2 Å². The Hall–Kier alpha value is -0.540. The second-order valence-corrected chi connectivity index (χ2v) is 6.19. The van der Waals surface area contributed by atoms with E-state index in [1.54, 1.807) is 0 Å². The Morgan fingerprint density at radius 3 is 2.71 bits per heavy atom. The summed E-state index contributed by atoms with van der Waals surface area (Å²) in [5.41, 5.74) is 2.81. The third-order valence-electron chi connectivity index (χ3n) is 3.67. The Balaban J connectivity index is 1.78. The molecule has 2 aliphatic rings. The van der Waals surface area contributed by atoms with Crippen LogP contribution in [0.3, 0.4) is 0 Å². The normalized spacial score (nSPS) is 19.4. The van der Waals surface area contributed by atoms with Gasteiger partial charge in [0.25, 0.3) is 0 Å². The summed E-state index contributed by atoms with van der Waals surface area (Å²) in [4.78, 5) is 2.44. The van der Waals surface area contributed by atoms with Crippen LogP contribution in [0.15, 0.2) is 22.7 Å². The van der Waals surface area contributed by atoms with Crippen LogP contribution in [0.2, 0.25) is 0 Å². The van der Waals surface area contributed by atoms with Gasteiger partial charge in [-0.25, -0.2) is 0 Å². The van der Waals surface area contributed by atoms with Gasteiger partial charge in [0, 0.05) is 35.8 Å². The van der Waals surface area contributed by atoms with Crippen molar-refractivity contribution in [3.8, 4) is 0 Å². The predicted molar refractivity (Wildman–Crippen MR) is 75.4 cm³/mol. The average Bonchev–Trinajstić information content (AvgIpc) is 3.17. The van der Waals surface area contributed by atoms with Crippen LogP contribution in [0.1, 0.15) is 31.2 Å². The van der Waals surface area contributed by atoms with Gasteiger partial charge in [-0.2, -0.15) is 0 Å². The fourth-order valence-corrected chi connectivity index (χ4v) is 2.65. The first-order chi connectivity index (χ1) is 8.24. The van der Waals surface area contributed by atoms with Crippen molar-refractivity contribution in [3.05, 3.63) is 28.2 Å². The molecule has 0 radical (unpaired) electrons. The molecule has 0 aromatic heterocycles. The molecule has 0 aliphatic heterocycles. The molecule has 0 heterocycles. The zero-order valence-corrected chi connectivity index (χ0v) is 11.8. The summed E-state index contributed by atoms with van der Waals surface area (Å²) in [5.74, 6) is 0. The molecule has 2 nitrogen and oxygen atoms in total. The highest BCUT2D eigenvalue weighted by Crippen LogP contribution is 2.33. The van der Waals surface area contributed by atoms with E-state index in [1.807, 2.05) is 0 Å². The molecule has 2 fully saturated rings. The van der Waals surface area contributed by atoms with Gasteiger partial charge >= 0.3 is 0 Å². The van der Waals surface area contributed by atoms with E-state index >= 15 is 0 Å². The number of hydrogen-bond acceptors (Lipinski definition) is 2. The Morgan fingerprint density at radius 2 is 2.06 bits per heavy atom. The van der Waals surface area contributed by atoms with Crippen LogP contribution in [0.25, 0.3) is 0 Å². The quantitative estimate of drug-likeness (QED) is 0.896. The van der Waals surface area contributed by atoms with Gasteiger partial charge in [-0.3, -0.25) is 0 Å². The largest absolute Gasteiger partial charge is 0.371 e. The molecule has 3 rings (SSSR count). The fourth-order valence-electron chi connectivity index (χ4n) is 2.24. The summed E-state index contributed by atoms with van der Waals surface area (Å²) in [6.07, 6.45) is 5.40. The number of hydrogen-bond donors (Lipinski definition) is 1. The van der Waals surface area contributed by atoms with E-state index in [1.165, 1.54) is 41.4 Å². The number of anilines is 1. The van der Waals surface area contributed by atoms with Crippen LogP contribution < -0.4 is 10.2 Å². The van der Waals surface area contributed by atoms with Gasteiger partial charge in [-0.15, -0.1) is 0 Å². The molecule has 0 bridgehead atoms. The molecule has 17 heavy (non-hydrogen) atoms. The molecule has 2 saturated carbocycles. The monoisotopic (exact) mass is 294 g/mol. The molecule has 1 aromatic carbocycles. The van der Waals surface area contributed by atoms with E-state index in [2.05, 4.69) is 51.4 Å². The maximum Gasteiger partial charge on any atom is 0.0412 e. The van der Waals surface area contributed by atoms with Crippen molar-refractivity contribution < 1.29 is 0 Å². The Morgan fingerprint density at radius 1 is 1.29 bits per heavy atom. The lowest BCUT2D eigenvalue weighted by atomic mass is 10.1. The van der Waals surface area contributed by atoms with E-state index in [-0.39, 0.29) is 0 Å². The van der Waals surface area contributed by atoms with Crippen molar-refractivity contribution >= 4 is 21.6 Å². The lowest BCUT2D eigenvalue weighted by Gasteiger charge is -2.22. The fraction of sp³-hybridized carbons (Fsp3) is 0.571. The first-order valence-corrected chi connectivity index (χ1v) is 7.28. The first kappa shape index (κ1) is 11.5. The van der Waals surface area contributed by atoms with Crippen molar-refractivity contribution in [2.75, 3.05) is 11.9 Å². The Bertz CT molecular complexity index is 411. The number of nitrogens with one attached hydrogen (secondary N) is 1. The highest BCUT2D eigenvalue weighted by Gasteiger charge is 2.28. The highest BCUT2D eigenvalue weighted by atomic mass is 79.9. The van der Waals surface area contributed by atoms with Gasteiger partial charge in [0.1, 0.15) is 0 Å². The molecule has 2 aliphatic carbocycles. The third kappa shape index (κ3) is 2.83. The van der Waals surface area contributed by atoms with Gasteiger partial charge in [-0.05, 0) is 49.4 Å². The number of halogens is 1. The van der Waals surface area contributed by atoms with Crippen LogP contribution in [0.5, 0.6) is 0 Å². The number of nitrogens with zero attached hydrogens (tertiary/aromatic N) is 1. The van der Waals surface area contributed by atoms with Crippen LogP contribution >= 0.6 is 15.9 Å².